The molecule has 0 bridgehead atoms. The van der Waals surface area contributed by atoms with Gasteiger partial charge in [-0.1, -0.05) is 41.3 Å². The minimum Gasteiger partial charge on any atom is -0.354 e. The van der Waals surface area contributed by atoms with Crippen molar-refractivity contribution in [3.63, 3.8) is 0 Å². The summed E-state index contributed by atoms with van der Waals surface area (Å²) in [5, 5.41) is 6.35. The minimum absolute atomic E-state index is 0.0779. The minimum atomic E-state index is -0.0779. The zero-order valence-corrected chi connectivity index (χ0v) is 14.5. The van der Waals surface area contributed by atoms with E-state index in [1.54, 1.807) is 12.3 Å². The van der Waals surface area contributed by atoms with E-state index < -0.39 is 0 Å². The van der Waals surface area contributed by atoms with E-state index in [9.17, 15) is 4.79 Å². The van der Waals surface area contributed by atoms with Crippen LogP contribution in [0, 0.1) is 0 Å². The molecule has 1 aromatic carbocycles. The van der Waals surface area contributed by atoms with Gasteiger partial charge in [-0.15, -0.1) is 0 Å². The molecule has 1 aromatic heterocycles. The van der Waals surface area contributed by atoms with Crippen LogP contribution in [0.15, 0.2) is 47.1 Å². The third-order valence-corrected chi connectivity index (χ3v) is 4.54. The van der Waals surface area contributed by atoms with Crippen LogP contribution in [-0.2, 0) is 0 Å². The van der Waals surface area contributed by atoms with E-state index in [0.29, 0.717) is 11.7 Å². The summed E-state index contributed by atoms with van der Waals surface area (Å²) in [5.41, 5.74) is 2.30. The Labute approximate surface area is 144 Å². The molecular weight excluding hydrogens is 354 g/mol. The molecular formula is C18H20BrN3O. The number of anilines is 2. The molecule has 1 heterocycles. The average Bonchev–Trinajstić information content (AvgIpc) is 2.56. The molecule has 2 aromatic rings. The van der Waals surface area contributed by atoms with Crippen LogP contribution < -0.4 is 10.6 Å². The molecule has 120 valence electrons. The van der Waals surface area contributed by atoms with Crippen molar-refractivity contribution in [2.45, 2.75) is 38.1 Å². The summed E-state index contributed by atoms with van der Waals surface area (Å²) in [7, 11) is 0. The Hall–Kier alpha value is -1.88. The summed E-state index contributed by atoms with van der Waals surface area (Å²) in [6.45, 7) is 0. The Morgan fingerprint density at radius 2 is 1.91 bits per heavy atom. The second-order valence-electron chi connectivity index (χ2n) is 5.88. The molecule has 1 fully saturated rings. The standard InChI is InChI=1S/C18H20BrN3O/c19-13-5-4-8-15(11-13)21-16-9-10-17(20-12-16)18(23)22-14-6-2-1-3-7-14/h4-5,8-12,14,21H,1-3,6-7H2,(H,22,23). The summed E-state index contributed by atoms with van der Waals surface area (Å²) in [6.07, 6.45) is 7.53. The summed E-state index contributed by atoms with van der Waals surface area (Å²) >= 11 is 3.44. The van der Waals surface area contributed by atoms with E-state index in [2.05, 4.69) is 31.5 Å². The molecule has 0 spiro atoms. The SMILES string of the molecule is O=C(NC1CCCCC1)c1ccc(Nc2cccc(Br)c2)cn1. The number of hydrogen-bond donors (Lipinski definition) is 2. The number of carbonyl (C=O) groups is 1. The van der Waals surface area contributed by atoms with Crippen LogP contribution in [0.4, 0.5) is 11.4 Å². The van der Waals surface area contributed by atoms with Gasteiger partial charge >= 0.3 is 0 Å². The topological polar surface area (TPSA) is 54.0 Å². The van der Waals surface area contributed by atoms with Gasteiger partial charge in [0.05, 0.1) is 11.9 Å². The highest BCUT2D eigenvalue weighted by atomic mass is 79.9. The van der Waals surface area contributed by atoms with Gasteiger partial charge in [0.1, 0.15) is 5.69 Å². The number of benzene rings is 1. The van der Waals surface area contributed by atoms with E-state index in [0.717, 1.165) is 28.7 Å². The number of pyridine rings is 1. The van der Waals surface area contributed by atoms with Crippen LogP contribution in [0.3, 0.4) is 0 Å². The Bertz CT molecular complexity index is 666. The van der Waals surface area contributed by atoms with Crippen LogP contribution >= 0.6 is 15.9 Å². The number of nitrogens with one attached hydrogen (secondary N) is 2. The zero-order chi connectivity index (χ0) is 16.1. The Kier molecular flexibility index (Phi) is 5.28. The van der Waals surface area contributed by atoms with E-state index in [-0.39, 0.29) is 5.91 Å². The first-order chi connectivity index (χ1) is 11.2. The molecule has 0 unspecified atom stereocenters. The van der Waals surface area contributed by atoms with Gasteiger partial charge in [-0.05, 0) is 43.2 Å². The smallest absolute Gasteiger partial charge is 0.270 e. The fourth-order valence-corrected chi connectivity index (χ4v) is 3.24. The number of amides is 1. The second kappa shape index (κ2) is 7.59. The highest BCUT2D eigenvalue weighted by Gasteiger charge is 2.17. The van der Waals surface area contributed by atoms with Crippen LogP contribution in [-0.4, -0.2) is 16.9 Å². The highest BCUT2D eigenvalue weighted by Crippen LogP contribution is 2.20. The van der Waals surface area contributed by atoms with E-state index >= 15 is 0 Å². The molecule has 0 saturated heterocycles. The third kappa shape index (κ3) is 4.55. The first kappa shape index (κ1) is 16.0. The lowest BCUT2D eigenvalue weighted by molar-refractivity contribution is 0.0922. The van der Waals surface area contributed by atoms with Crippen molar-refractivity contribution in [3.8, 4) is 0 Å². The maximum absolute atomic E-state index is 12.2. The monoisotopic (exact) mass is 373 g/mol. The van der Waals surface area contributed by atoms with Crippen molar-refractivity contribution in [3.05, 3.63) is 52.8 Å². The van der Waals surface area contributed by atoms with Crippen LogP contribution in [0.2, 0.25) is 0 Å². The summed E-state index contributed by atoms with van der Waals surface area (Å²) in [6, 6.07) is 11.9. The average molecular weight is 374 g/mol. The maximum Gasteiger partial charge on any atom is 0.270 e. The molecule has 0 aliphatic heterocycles. The molecule has 0 radical (unpaired) electrons. The number of carbonyl (C=O) groups excluding carboxylic acids is 1. The third-order valence-electron chi connectivity index (χ3n) is 4.05. The predicted molar refractivity (Wildman–Crippen MR) is 96.0 cm³/mol. The molecule has 1 saturated carbocycles. The largest absolute Gasteiger partial charge is 0.354 e. The first-order valence-corrected chi connectivity index (χ1v) is 8.79. The molecule has 1 aliphatic carbocycles. The number of hydrogen-bond acceptors (Lipinski definition) is 3. The summed E-state index contributed by atoms with van der Waals surface area (Å²) < 4.78 is 1.01. The predicted octanol–water partition coefficient (Wildman–Crippen LogP) is 4.65. The van der Waals surface area contributed by atoms with Crippen LogP contribution in [0.1, 0.15) is 42.6 Å². The number of halogens is 1. The second-order valence-corrected chi connectivity index (χ2v) is 6.79. The van der Waals surface area contributed by atoms with Gasteiger partial charge in [0.2, 0.25) is 0 Å². The van der Waals surface area contributed by atoms with Crippen molar-refractivity contribution in [2.24, 2.45) is 0 Å². The van der Waals surface area contributed by atoms with Crippen LogP contribution in [0.5, 0.6) is 0 Å². The van der Waals surface area contributed by atoms with Crippen molar-refractivity contribution in [1.82, 2.24) is 10.3 Å². The summed E-state index contributed by atoms with van der Waals surface area (Å²) in [4.78, 5) is 16.5. The molecule has 4 nitrogen and oxygen atoms in total. The lowest BCUT2D eigenvalue weighted by Crippen LogP contribution is -2.36. The Morgan fingerprint density at radius 3 is 2.61 bits per heavy atom. The van der Waals surface area contributed by atoms with Gasteiger partial charge in [0.25, 0.3) is 5.91 Å². The van der Waals surface area contributed by atoms with E-state index in [4.69, 9.17) is 0 Å². The number of rotatable bonds is 4. The fourth-order valence-electron chi connectivity index (χ4n) is 2.84. The summed E-state index contributed by atoms with van der Waals surface area (Å²) in [5.74, 6) is -0.0779. The van der Waals surface area contributed by atoms with Crippen molar-refractivity contribution < 1.29 is 4.79 Å². The normalized spacial score (nSPS) is 15.2. The molecule has 2 N–H and O–H groups in total. The molecule has 1 aliphatic rings. The van der Waals surface area contributed by atoms with Crippen molar-refractivity contribution >= 4 is 33.2 Å². The molecule has 1 amide bonds. The maximum atomic E-state index is 12.2. The highest BCUT2D eigenvalue weighted by molar-refractivity contribution is 9.10. The molecule has 23 heavy (non-hydrogen) atoms. The quantitative estimate of drug-likeness (QED) is 0.819. The van der Waals surface area contributed by atoms with Gasteiger partial charge < -0.3 is 10.6 Å². The molecule has 3 rings (SSSR count). The number of nitrogens with zero attached hydrogens (tertiary/aromatic N) is 1. The van der Waals surface area contributed by atoms with E-state index in [1.165, 1.54) is 19.3 Å². The molecule has 0 atom stereocenters. The molecule has 5 heteroatoms. The van der Waals surface area contributed by atoms with Gasteiger partial charge in [0.15, 0.2) is 0 Å². The van der Waals surface area contributed by atoms with Gasteiger partial charge in [-0.3, -0.25) is 4.79 Å². The van der Waals surface area contributed by atoms with Gasteiger partial charge in [-0.2, -0.15) is 0 Å². The lowest BCUT2D eigenvalue weighted by Gasteiger charge is -2.22. The van der Waals surface area contributed by atoms with E-state index in [1.807, 2.05) is 30.3 Å². The van der Waals surface area contributed by atoms with Crippen molar-refractivity contribution in [2.75, 3.05) is 5.32 Å². The van der Waals surface area contributed by atoms with Gasteiger partial charge in [-0.25, -0.2) is 4.98 Å². The Balaban J connectivity index is 1.61. The lowest BCUT2D eigenvalue weighted by atomic mass is 9.95. The number of aromatic nitrogens is 1. The van der Waals surface area contributed by atoms with Crippen LogP contribution in [0.25, 0.3) is 0 Å². The fraction of sp³-hybridized carbons (Fsp3) is 0.333. The first-order valence-electron chi connectivity index (χ1n) is 8.00. The zero-order valence-electron chi connectivity index (χ0n) is 12.9. The Morgan fingerprint density at radius 1 is 1.09 bits per heavy atom. The van der Waals surface area contributed by atoms with Gasteiger partial charge in [0, 0.05) is 16.2 Å². The van der Waals surface area contributed by atoms with Crippen molar-refractivity contribution in [1.29, 1.82) is 0 Å².